The van der Waals surface area contributed by atoms with Gasteiger partial charge in [0.15, 0.2) is 0 Å². The minimum atomic E-state index is 0.0674. The topological polar surface area (TPSA) is 32.3 Å². The minimum Gasteiger partial charge on any atom is -0.323 e. The third kappa shape index (κ3) is 1.34. The molecule has 0 aromatic heterocycles. The molecular formula is C11H20N2O. The van der Waals surface area contributed by atoms with Crippen LogP contribution in [0.5, 0.6) is 0 Å². The van der Waals surface area contributed by atoms with Crippen LogP contribution >= 0.6 is 0 Å². The summed E-state index contributed by atoms with van der Waals surface area (Å²) in [5.74, 6) is 1.01. The summed E-state index contributed by atoms with van der Waals surface area (Å²) in [5, 5.41) is 3.35. The van der Waals surface area contributed by atoms with Crippen LogP contribution in [0.25, 0.3) is 0 Å². The summed E-state index contributed by atoms with van der Waals surface area (Å²) in [6, 6.07) is 0.569. The molecule has 1 saturated heterocycles. The second-order valence-corrected chi connectivity index (χ2v) is 4.67. The largest absolute Gasteiger partial charge is 0.323 e. The van der Waals surface area contributed by atoms with Gasteiger partial charge in [0.1, 0.15) is 0 Å². The number of hydrogen-bond acceptors (Lipinski definition) is 2. The van der Waals surface area contributed by atoms with Crippen LogP contribution in [0.2, 0.25) is 0 Å². The van der Waals surface area contributed by atoms with Crippen molar-refractivity contribution in [3.63, 3.8) is 0 Å². The molecule has 80 valence electrons. The maximum absolute atomic E-state index is 12.0. The van der Waals surface area contributed by atoms with Crippen LogP contribution in [0, 0.1) is 5.92 Å². The van der Waals surface area contributed by atoms with E-state index in [1.165, 1.54) is 12.8 Å². The molecule has 0 radical (unpaired) electrons. The number of hydrogen-bond donors (Lipinski definition) is 1. The van der Waals surface area contributed by atoms with Crippen molar-refractivity contribution in [3.05, 3.63) is 0 Å². The molecule has 1 aliphatic heterocycles. The Balaban J connectivity index is 2.07. The Morgan fingerprint density at radius 3 is 2.50 bits per heavy atom. The van der Waals surface area contributed by atoms with Gasteiger partial charge in [-0.1, -0.05) is 13.8 Å². The van der Waals surface area contributed by atoms with Crippen molar-refractivity contribution in [1.29, 1.82) is 0 Å². The molecule has 14 heavy (non-hydrogen) atoms. The SMILES string of the molecule is CCC1NC(C)N(C2CCC2C)C1=O. The molecule has 0 spiro atoms. The lowest BCUT2D eigenvalue weighted by atomic mass is 9.80. The van der Waals surface area contributed by atoms with Gasteiger partial charge >= 0.3 is 0 Å². The molecule has 0 aromatic carbocycles. The average molecular weight is 196 g/mol. The van der Waals surface area contributed by atoms with E-state index in [-0.39, 0.29) is 12.2 Å². The first-order chi connectivity index (χ1) is 6.65. The first-order valence-electron chi connectivity index (χ1n) is 5.73. The van der Waals surface area contributed by atoms with E-state index in [0.717, 1.165) is 6.42 Å². The maximum Gasteiger partial charge on any atom is 0.241 e. The zero-order valence-electron chi connectivity index (χ0n) is 9.29. The summed E-state index contributed by atoms with van der Waals surface area (Å²) < 4.78 is 0. The van der Waals surface area contributed by atoms with Crippen LogP contribution in [0.1, 0.15) is 40.0 Å². The van der Waals surface area contributed by atoms with Gasteiger partial charge in [-0.3, -0.25) is 10.1 Å². The number of nitrogens with zero attached hydrogens (tertiary/aromatic N) is 1. The van der Waals surface area contributed by atoms with Crippen molar-refractivity contribution >= 4 is 5.91 Å². The van der Waals surface area contributed by atoms with Gasteiger partial charge in [-0.15, -0.1) is 0 Å². The van der Waals surface area contributed by atoms with Crippen LogP contribution in [-0.2, 0) is 4.79 Å². The van der Waals surface area contributed by atoms with Gasteiger partial charge in [0.2, 0.25) is 5.91 Å². The fraction of sp³-hybridized carbons (Fsp3) is 0.909. The zero-order valence-corrected chi connectivity index (χ0v) is 9.29. The van der Waals surface area contributed by atoms with E-state index in [1.807, 2.05) is 0 Å². The van der Waals surface area contributed by atoms with Gasteiger partial charge in [0.25, 0.3) is 0 Å². The molecule has 1 saturated carbocycles. The van der Waals surface area contributed by atoms with Gasteiger partial charge in [-0.2, -0.15) is 0 Å². The van der Waals surface area contributed by atoms with Gasteiger partial charge < -0.3 is 4.90 Å². The highest BCUT2D eigenvalue weighted by Gasteiger charge is 2.43. The molecule has 3 nitrogen and oxygen atoms in total. The van der Waals surface area contributed by atoms with Crippen molar-refractivity contribution in [2.24, 2.45) is 5.92 Å². The Morgan fingerprint density at radius 2 is 2.14 bits per heavy atom. The van der Waals surface area contributed by atoms with E-state index in [2.05, 4.69) is 31.0 Å². The van der Waals surface area contributed by atoms with Gasteiger partial charge in [0.05, 0.1) is 12.2 Å². The van der Waals surface area contributed by atoms with Crippen molar-refractivity contribution < 1.29 is 4.79 Å². The van der Waals surface area contributed by atoms with Crippen molar-refractivity contribution in [2.75, 3.05) is 0 Å². The molecule has 2 aliphatic rings. The summed E-state index contributed by atoms with van der Waals surface area (Å²) in [5.41, 5.74) is 0. The van der Waals surface area contributed by atoms with Crippen molar-refractivity contribution in [3.8, 4) is 0 Å². The molecule has 1 N–H and O–H groups in total. The highest BCUT2D eigenvalue weighted by molar-refractivity contribution is 5.84. The van der Waals surface area contributed by atoms with E-state index in [1.54, 1.807) is 0 Å². The lowest BCUT2D eigenvalue weighted by Crippen LogP contribution is -2.50. The summed E-state index contributed by atoms with van der Waals surface area (Å²) in [7, 11) is 0. The van der Waals surface area contributed by atoms with E-state index < -0.39 is 0 Å². The van der Waals surface area contributed by atoms with Crippen LogP contribution in [0.15, 0.2) is 0 Å². The molecule has 1 aliphatic carbocycles. The Morgan fingerprint density at radius 1 is 1.43 bits per heavy atom. The normalized spacial score (nSPS) is 42.8. The third-order valence-corrected chi connectivity index (χ3v) is 3.75. The molecule has 3 heteroatoms. The molecule has 0 aromatic rings. The summed E-state index contributed by atoms with van der Waals surface area (Å²) in [6.07, 6.45) is 3.61. The Hall–Kier alpha value is -0.570. The summed E-state index contributed by atoms with van der Waals surface area (Å²) in [6.45, 7) is 6.40. The average Bonchev–Trinajstić information content (AvgIpc) is 2.43. The number of rotatable bonds is 2. The molecule has 4 atom stereocenters. The molecule has 2 rings (SSSR count). The van der Waals surface area contributed by atoms with Gasteiger partial charge in [-0.05, 0) is 32.1 Å². The number of nitrogens with one attached hydrogen (secondary N) is 1. The molecule has 1 heterocycles. The van der Waals surface area contributed by atoms with E-state index in [4.69, 9.17) is 0 Å². The Bertz CT molecular complexity index is 241. The summed E-state index contributed by atoms with van der Waals surface area (Å²) >= 11 is 0. The first-order valence-corrected chi connectivity index (χ1v) is 5.73. The molecule has 2 fully saturated rings. The molecule has 1 amide bonds. The van der Waals surface area contributed by atoms with Gasteiger partial charge in [-0.25, -0.2) is 0 Å². The Kier molecular flexibility index (Phi) is 2.52. The second-order valence-electron chi connectivity index (χ2n) is 4.67. The molecular weight excluding hydrogens is 176 g/mol. The molecule has 0 bridgehead atoms. The van der Waals surface area contributed by atoms with E-state index >= 15 is 0 Å². The first kappa shape index (κ1) is 9.97. The zero-order chi connectivity index (χ0) is 10.3. The highest BCUT2D eigenvalue weighted by Crippen LogP contribution is 2.34. The maximum atomic E-state index is 12.0. The molecule has 4 unspecified atom stereocenters. The highest BCUT2D eigenvalue weighted by atomic mass is 16.2. The predicted molar refractivity (Wildman–Crippen MR) is 55.7 cm³/mol. The van der Waals surface area contributed by atoms with Crippen LogP contribution in [0.4, 0.5) is 0 Å². The van der Waals surface area contributed by atoms with E-state index in [0.29, 0.717) is 17.9 Å². The number of carbonyl (C=O) groups excluding carboxylic acids is 1. The number of amides is 1. The fourth-order valence-corrected chi connectivity index (χ4v) is 2.62. The number of carbonyl (C=O) groups is 1. The lowest BCUT2D eigenvalue weighted by molar-refractivity contribution is -0.135. The fourth-order valence-electron chi connectivity index (χ4n) is 2.62. The van der Waals surface area contributed by atoms with Crippen LogP contribution in [0.3, 0.4) is 0 Å². The summed E-state index contributed by atoms with van der Waals surface area (Å²) in [4.78, 5) is 14.1. The monoisotopic (exact) mass is 196 g/mol. The second kappa shape index (κ2) is 3.54. The van der Waals surface area contributed by atoms with Crippen LogP contribution in [-0.4, -0.2) is 29.1 Å². The Labute approximate surface area is 85.8 Å². The van der Waals surface area contributed by atoms with Gasteiger partial charge in [0, 0.05) is 6.04 Å². The minimum absolute atomic E-state index is 0.0674. The quantitative estimate of drug-likeness (QED) is 0.723. The predicted octanol–water partition coefficient (Wildman–Crippen LogP) is 1.34. The lowest BCUT2D eigenvalue weighted by Gasteiger charge is -2.42. The van der Waals surface area contributed by atoms with Crippen molar-refractivity contribution in [2.45, 2.75) is 58.3 Å². The standard InChI is InChI=1S/C11H20N2O/c1-4-9-11(14)13(8(3)12-9)10-6-5-7(10)2/h7-10,12H,4-6H2,1-3H3. The van der Waals surface area contributed by atoms with Crippen LogP contribution < -0.4 is 5.32 Å². The van der Waals surface area contributed by atoms with Crippen molar-refractivity contribution in [1.82, 2.24) is 10.2 Å². The smallest absolute Gasteiger partial charge is 0.241 e. The third-order valence-electron chi connectivity index (χ3n) is 3.75. The van der Waals surface area contributed by atoms with E-state index in [9.17, 15) is 4.79 Å².